The largest absolute Gasteiger partial charge is 0.334 e. The van der Waals surface area contributed by atoms with Crippen molar-refractivity contribution in [2.45, 2.75) is 150 Å². The molecule has 0 spiro atoms. The van der Waals surface area contributed by atoms with E-state index in [0.29, 0.717) is 0 Å². The van der Waals surface area contributed by atoms with Gasteiger partial charge in [-0.3, -0.25) is 0 Å². The monoisotopic (exact) mass is 906 g/mol. The van der Waals surface area contributed by atoms with Crippen LogP contribution in [0.3, 0.4) is 0 Å². The predicted molar refractivity (Wildman–Crippen MR) is 299 cm³/mol. The van der Waals surface area contributed by atoms with Crippen molar-refractivity contribution in [2.24, 2.45) is 0 Å². The summed E-state index contributed by atoms with van der Waals surface area (Å²) in [4.78, 5) is 8.02. The second-order valence-electron chi connectivity index (χ2n) is 24.8. The Morgan fingerprint density at radius 3 is 1.61 bits per heavy atom. The van der Waals surface area contributed by atoms with E-state index in [1.807, 2.05) is 0 Å². The van der Waals surface area contributed by atoms with Gasteiger partial charge in [0.2, 0.25) is 0 Å². The van der Waals surface area contributed by atoms with Gasteiger partial charge in [0, 0.05) is 45.2 Å². The van der Waals surface area contributed by atoms with E-state index in [0.717, 1.165) is 0 Å². The third-order valence-corrected chi connectivity index (χ3v) is 17.1. The minimum atomic E-state index is -0.0453. The van der Waals surface area contributed by atoms with Crippen LogP contribution in [0.4, 0.5) is 45.5 Å². The van der Waals surface area contributed by atoms with Crippen LogP contribution in [0.15, 0.2) is 133 Å². The van der Waals surface area contributed by atoms with Gasteiger partial charge < -0.3 is 14.7 Å². The van der Waals surface area contributed by atoms with Gasteiger partial charge in [-0.25, -0.2) is 0 Å². The topological polar surface area (TPSA) is 9.72 Å². The zero-order valence-electron chi connectivity index (χ0n) is 43.9. The zero-order valence-corrected chi connectivity index (χ0v) is 43.9. The Bertz CT molecular complexity index is 3170. The number of hydrogen-bond acceptors (Lipinski definition) is 3. The lowest BCUT2D eigenvalue weighted by Gasteiger charge is -2.50. The maximum absolute atomic E-state index is 2.75. The Hall–Kier alpha value is -6.00. The van der Waals surface area contributed by atoms with Crippen LogP contribution in [-0.4, -0.2) is 12.3 Å². The van der Waals surface area contributed by atoms with Crippen molar-refractivity contribution in [1.82, 2.24) is 0 Å². The van der Waals surface area contributed by atoms with E-state index in [2.05, 4.69) is 245 Å². The number of nitrogens with zero attached hydrogens (tertiary/aromatic N) is 3. The van der Waals surface area contributed by atoms with Crippen molar-refractivity contribution in [3.05, 3.63) is 172 Å². The number of para-hydroxylation sites is 1. The molecule has 1 fully saturated rings. The molecule has 0 bridgehead atoms. The second kappa shape index (κ2) is 15.5. The van der Waals surface area contributed by atoms with Gasteiger partial charge in [-0.05, 0) is 172 Å². The molecule has 0 aromatic heterocycles. The Labute approximate surface area is 414 Å². The summed E-state index contributed by atoms with van der Waals surface area (Å²) < 4.78 is 0. The molecule has 4 heteroatoms. The van der Waals surface area contributed by atoms with Crippen molar-refractivity contribution in [2.75, 3.05) is 14.7 Å². The van der Waals surface area contributed by atoms with E-state index in [1.165, 1.54) is 138 Å². The highest BCUT2D eigenvalue weighted by molar-refractivity contribution is 7.00. The number of aryl methyl sites for hydroxylation is 3. The molecule has 7 aromatic carbocycles. The number of anilines is 8. The van der Waals surface area contributed by atoms with Crippen LogP contribution in [0.2, 0.25) is 0 Å². The molecule has 7 aromatic rings. The summed E-state index contributed by atoms with van der Waals surface area (Å²) in [6.45, 7) is 32.9. The van der Waals surface area contributed by atoms with Crippen molar-refractivity contribution in [1.29, 1.82) is 0 Å². The number of fused-ring (bicyclic) bond motifs is 7. The molecule has 1 aliphatic carbocycles. The lowest BCUT2D eigenvalue weighted by Crippen LogP contribution is -2.61. The smallest absolute Gasteiger partial charge is 0.252 e. The molecule has 0 N–H and O–H groups in total. The third kappa shape index (κ3) is 6.97. The Kier molecular flexibility index (Phi) is 10.2. The highest BCUT2D eigenvalue weighted by Gasteiger charge is 2.58. The minimum absolute atomic E-state index is 0.0178. The van der Waals surface area contributed by atoms with Gasteiger partial charge in [0.05, 0.1) is 11.2 Å². The van der Waals surface area contributed by atoms with Gasteiger partial charge in [0.1, 0.15) is 0 Å². The molecule has 0 amide bonds. The second-order valence-corrected chi connectivity index (χ2v) is 24.8. The summed E-state index contributed by atoms with van der Waals surface area (Å²) in [5, 5.41) is 0. The first-order valence-electron chi connectivity index (χ1n) is 25.8. The molecular weight excluding hydrogens is 834 g/mol. The standard InChI is InChI=1S/C65H72BN3/c1-41-35-57-59-58(36-41)68(60-42(2)37-48(38-43(60)3)63(10,11)12)55-39-45(44-21-24-46(25-22-44)61(4,5)6)23-31-52(55)66(59)53-32-30-50(40-56(53)67(57)49-28-26-47(27-29-49)62(7,8)9)69-54-20-16-15-19-51(54)64(13)33-17-18-34-65(64,69)14/h15-16,19-32,35-40H,17-18,33-34H2,1-14H3. The zero-order chi connectivity index (χ0) is 48.7. The van der Waals surface area contributed by atoms with Gasteiger partial charge in [-0.15, -0.1) is 0 Å². The van der Waals surface area contributed by atoms with E-state index in [9.17, 15) is 0 Å². The fourth-order valence-electron chi connectivity index (χ4n) is 13.1. The van der Waals surface area contributed by atoms with Crippen LogP contribution in [0.25, 0.3) is 11.1 Å². The van der Waals surface area contributed by atoms with Gasteiger partial charge in [0.25, 0.3) is 6.71 Å². The van der Waals surface area contributed by atoms with Crippen LogP contribution >= 0.6 is 0 Å². The van der Waals surface area contributed by atoms with E-state index >= 15 is 0 Å². The fraction of sp³-hybridized carbons (Fsp3) is 0.354. The van der Waals surface area contributed by atoms with E-state index in [4.69, 9.17) is 0 Å². The molecular formula is C65H72BN3. The SMILES string of the molecule is Cc1cc2c3c(c1)N(c1c(C)cc(C(C)(C)C)cc1C)c1cc(-c4ccc(C(C)(C)C)cc4)ccc1B3c1ccc(N3c4ccccc4C4(C)CCCCC34C)cc1N2c1ccc(C(C)(C)C)cc1. The van der Waals surface area contributed by atoms with Gasteiger partial charge >= 0.3 is 0 Å². The first kappa shape index (κ1) is 45.4. The number of hydrogen-bond donors (Lipinski definition) is 0. The van der Waals surface area contributed by atoms with Crippen LogP contribution < -0.4 is 31.1 Å². The highest BCUT2D eigenvalue weighted by atomic mass is 15.3. The molecule has 11 rings (SSSR count). The summed E-state index contributed by atoms with van der Waals surface area (Å²) in [6, 6.07) is 52.8. The van der Waals surface area contributed by atoms with E-state index < -0.39 is 0 Å². The molecule has 69 heavy (non-hydrogen) atoms. The van der Waals surface area contributed by atoms with Crippen LogP contribution in [0.1, 0.15) is 141 Å². The Balaban J connectivity index is 1.19. The van der Waals surface area contributed by atoms with Crippen LogP contribution in [0.5, 0.6) is 0 Å². The molecule has 1 saturated carbocycles. The van der Waals surface area contributed by atoms with Gasteiger partial charge in [0.15, 0.2) is 0 Å². The van der Waals surface area contributed by atoms with Crippen molar-refractivity contribution in [3.8, 4) is 11.1 Å². The molecule has 0 saturated heterocycles. The first-order valence-corrected chi connectivity index (χ1v) is 25.8. The van der Waals surface area contributed by atoms with Gasteiger partial charge in [-0.2, -0.15) is 0 Å². The number of rotatable bonds is 4. The average Bonchev–Trinajstić information content (AvgIpc) is 3.51. The average molecular weight is 906 g/mol. The quantitative estimate of drug-likeness (QED) is 0.163. The highest BCUT2D eigenvalue weighted by Crippen LogP contribution is 2.61. The van der Waals surface area contributed by atoms with E-state index in [-0.39, 0.29) is 33.9 Å². The van der Waals surface area contributed by atoms with Gasteiger partial charge in [-0.1, -0.05) is 167 Å². The van der Waals surface area contributed by atoms with Crippen LogP contribution in [0, 0.1) is 20.8 Å². The summed E-state index contributed by atoms with van der Waals surface area (Å²) in [5.74, 6) is 0. The lowest BCUT2D eigenvalue weighted by molar-refractivity contribution is 0.195. The van der Waals surface area contributed by atoms with Crippen molar-refractivity contribution < 1.29 is 0 Å². The molecule has 2 atom stereocenters. The molecule has 3 heterocycles. The summed E-state index contributed by atoms with van der Waals surface area (Å²) in [6.07, 6.45) is 4.90. The molecule has 0 radical (unpaired) electrons. The van der Waals surface area contributed by atoms with Crippen LogP contribution in [-0.2, 0) is 21.7 Å². The fourth-order valence-corrected chi connectivity index (χ4v) is 13.1. The lowest BCUT2D eigenvalue weighted by atomic mass is 9.33. The number of benzene rings is 7. The molecule has 4 aliphatic rings. The maximum Gasteiger partial charge on any atom is 0.252 e. The molecule has 350 valence electrons. The normalized spacial score (nSPS) is 19.5. The Morgan fingerprint density at radius 2 is 0.986 bits per heavy atom. The summed E-state index contributed by atoms with van der Waals surface area (Å²) in [5.41, 5.74) is 26.3. The predicted octanol–water partition coefficient (Wildman–Crippen LogP) is 16.0. The first-order chi connectivity index (χ1) is 32.6. The molecule has 2 unspecified atom stereocenters. The maximum atomic E-state index is 2.75. The van der Waals surface area contributed by atoms with Crippen molar-refractivity contribution >= 4 is 68.6 Å². The third-order valence-electron chi connectivity index (χ3n) is 17.1. The Morgan fingerprint density at radius 1 is 0.464 bits per heavy atom. The van der Waals surface area contributed by atoms with Crippen molar-refractivity contribution in [3.63, 3.8) is 0 Å². The molecule has 3 aliphatic heterocycles. The summed E-state index contributed by atoms with van der Waals surface area (Å²) >= 11 is 0. The van der Waals surface area contributed by atoms with E-state index in [1.54, 1.807) is 0 Å². The molecule has 3 nitrogen and oxygen atoms in total. The summed E-state index contributed by atoms with van der Waals surface area (Å²) in [7, 11) is 0. The minimum Gasteiger partial charge on any atom is -0.334 e.